The Bertz CT molecular complexity index is 629. The number of benzene rings is 1. The molecule has 3 rings (SSSR count). The monoisotopic (exact) mass is 211 g/mol. The normalized spacial score (nSPS) is 14.8. The summed E-state index contributed by atoms with van der Waals surface area (Å²) >= 11 is 0. The van der Waals surface area contributed by atoms with Crippen molar-refractivity contribution in [2.24, 2.45) is 0 Å². The van der Waals surface area contributed by atoms with Gasteiger partial charge in [0.25, 0.3) is 0 Å². The zero-order chi connectivity index (χ0) is 11.1. The van der Waals surface area contributed by atoms with Crippen LogP contribution < -0.4 is 0 Å². The molecule has 3 nitrogen and oxygen atoms in total. The highest BCUT2D eigenvalue weighted by Gasteiger charge is 2.20. The first-order valence-corrected chi connectivity index (χ1v) is 5.08. The van der Waals surface area contributed by atoms with E-state index in [0.717, 1.165) is 10.9 Å². The van der Waals surface area contributed by atoms with Gasteiger partial charge in [0.15, 0.2) is 5.78 Å². The van der Waals surface area contributed by atoms with Gasteiger partial charge in [0.1, 0.15) is 11.5 Å². The van der Waals surface area contributed by atoms with Gasteiger partial charge >= 0.3 is 0 Å². The SMILES string of the molecule is O=C1CC=C(O)c2nc3ccccc3cc21. The lowest BCUT2D eigenvalue weighted by Crippen LogP contribution is -2.09. The summed E-state index contributed by atoms with van der Waals surface area (Å²) in [5.74, 6) is 0.103. The van der Waals surface area contributed by atoms with E-state index in [-0.39, 0.29) is 18.0 Å². The van der Waals surface area contributed by atoms with E-state index in [1.165, 1.54) is 6.08 Å². The number of Topliss-reactive ketones (excluding diaryl/α,β-unsaturated/α-hetero) is 1. The minimum Gasteiger partial charge on any atom is -0.506 e. The molecule has 0 bridgehead atoms. The largest absolute Gasteiger partial charge is 0.506 e. The number of para-hydroxylation sites is 1. The molecule has 1 aromatic carbocycles. The molecule has 0 spiro atoms. The Morgan fingerprint density at radius 2 is 2.06 bits per heavy atom. The van der Waals surface area contributed by atoms with Crippen molar-refractivity contribution >= 4 is 22.4 Å². The van der Waals surface area contributed by atoms with Gasteiger partial charge in [0, 0.05) is 17.4 Å². The van der Waals surface area contributed by atoms with Crippen molar-refractivity contribution in [1.29, 1.82) is 0 Å². The number of hydrogen-bond donors (Lipinski definition) is 1. The van der Waals surface area contributed by atoms with E-state index in [9.17, 15) is 9.90 Å². The van der Waals surface area contributed by atoms with E-state index in [0.29, 0.717) is 11.3 Å². The smallest absolute Gasteiger partial charge is 0.169 e. The zero-order valence-corrected chi connectivity index (χ0v) is 8.47. The predicted molar refractivity (Wildman–Crippen MR) is 61.3 cm³/mol. The summed E-state index contributed by atoms with van der Waals surface area (Å²) in [5, 5.41) is 10.6. The van der Waals surface area contributed by atoms with Crippen molar-refractivity contribution in [3.05, 3.63) is 47.7 Å². The molecule has 0 atom stereocenters. The number of ketones is 1. The molecule has 0 fully saturated rings. The molecule has 0 aliphatic heterocycles. The molecule has 2 aromatic rings. The first-order valence-electron chi connectivity index (χ1n) is 5.08. The molecule has 1 N–H and O–H groups in total. The number of carbonyl (C=O) groups is 1. The number of fused-ring (bicyclic) bond motifs is 2. The molecule has 3 heteroatoms. The van der Waals surface area contributed by atoms with Crippen molar-refractivity contribution < 1.29 is 9.90 Å². The molecular weight excluding hydrogens is 202 g/mol. The maximum atomic E-state index is 11.7. The molecule has 0 saturated carbocycles. The van der Waals surface area contributed by atoms with Gasteiger partial charge in [-0.15, -0.1) is 0 Å². The summed E-state index contributed by atoms with van der Waals surface area (Å²) in [5.41, 5.74) is 1.70. The van der Waals surface area contributed by atoms with Crippen molar-refractivity contribution in [3.63, 3.8) is 0 Å². The highest BCUT2D eigenvalue weighted by Crippen LogP contribution is 2.26. The maximum absolute atomic E-state index is 11.7. The number of aliphatic hydroxyl groups excluding tert-OH is 1. The first-order chi connectivity index (χ1) is 7.75. The highest BCUT2D eigenvalue weighted by molar-refractivity contribution is 6.05. The summed E-state index contributed by atoms with van der Waals surface area (Å²) in [6.45, 7) is 0. The molecule has 1 aromatic heterocycles. The number of nitrogens with zero attached hydrogens (tertiary/aromatic N) is 1. The maximum Gasteiger partial charge on any atom is 0.169 e. The molecule has 0 saturated heterocycles. The number of rotatable bonds is 0. The van der Waals surface area contributed by atoms with Crippen molar-refractivity contribution in [2.75, 3.05) is 0 Å². The molecular formula is C13H9NO2. The van der Waals surface area contributed by atoms with Gasteiger partial charge in [-0.05, 0) is 18.2 Å². The molecule has 1 aliphatic carbocycles. The van der Waals surface area contributed by atoms with Crippen LogP contribution in [-0.4, -0.2) is 15.9 Å². The van der Waals surface area contributed by atoms with Crippen LogP contribution in [0.25, 0.3) is 16.7 Å². The third-order valence-corrected chi connectivity index (χ3v) is 2.75. The van der Waals surface area contributed by atoms with Gasteiger partial charge in [-0.2, -0.15) is 0 Å². The number of hydrogen-bond acceptors (Lipinski definition) is 3. The fraction of sp³-hybridized carbons (Fsp3) is 0.0769. The number of aromatic nitrogens is 1. The van der Waals surface area contributed by atoms with E-state index < -0.39 is 0 Å². The first kappa shape index (κ1) is 9.09. The Morgan fingerprint density at radius 1 is 1.25 bits per heavy atom. The Morgan fingerprint density at radius 3 is 2.94 bits per heavy atom. The van der Waals surface area contributed by atoms with Crippen LogP contribution in [0.2, 0.25) is 0 Å². The molecule has 16 heavy (non-hydrogen) atoms. The van der Waals surface area contributed by atoms with Crippen LogP contribution >= 0.6 is 0 Å². The van der Waals surface area contributed by atoms with Gasteiger partial charge in [0.05, 0.1) is 5.52 Å². The summed E-state index contributed by atoms with van der Waals surface area (Å²) < 4.78 is 0. The Balaban J connectivity index is 2.39. The standard InChI is InChI=1S/C13H9NO2/c15-11-5-6-12(16)13-9(11)7-8-3-1-2-4-10(8)14-13/h1-4,6-7,16H,5H2. The molecule has 0 amide bonds. The Kier molecular flexibility index (Phi) is 1.80. The van der Waals surface area contributed by atoms with Crippen LogP contribution in [-0.2, 0) is 0 Å². The van der Waals surface area contributed by atoms with E-state index >= 15 is 0 Å². The molecule has 1 aliphatic rings. The summed E-state index contributed by atoms with van der Waals surface area (Å²) in [4.78, 5) is 16.0. The third kappa shape index (κ3) is 1.21. The van der Waals surface area contributed by atoms with Gasteiger partial charge in [0.2, 0.25) is 0 Å². The zero-order valence-electron chi connectivity index (χ0n) is 8.47. The molecule has 1 heterocycles. The topological polar surface area (TPSA) is 50.2 Å². The van der Waals surface area contributed by atoms with Gasteiger partial charge in [-0.1, -0.05) is 18.2 Å². The van der Waals surface area contributed by atoms with Crippen LogP contribution in [0.1, 0.15) is 22.5 Å². The molecule has 0 unspecified atom stereocenters. The molecule has 0 radical (unpaired) electrons. The second-order valence-corrected chi connectivity index (χ2v) is 3.79. The third-order valence-electron chi connectivity index (χ3n) is 2.75. The lowest BCUT2D eigenvalue weighted by atomic mass is 9.97. The van der Waals surface area contributed by atoms with E-state index in [2.05, 4.69) is 4.98 Å². The van der Waals surface area contributed by atoms with Crippen molar-refractivity contribution in [3.8, 4) is 0 Å². The van der Waals surface area contributed by atoms with Crippen LogP contribution in [0.15, 0.2) is 36.4 Å². The fourth-order valence-electron chi connectivity index (χ4n) is 1.92. The van der Waals surface area contributed by atoms with Crippen LogP contribution in [0, 0.1) is 0 Å². The van der Waals surface area contributed by atoms with Crippen LogP contribution in [0.4, 0.5) is 0 Å². The average Bonchev–Trinajstić information content (AvgIpc) is 2.32. The molecule has 78 valence electrons. The van der Waals surface area contributed by atoms with Crippen LogP contribution in [0.5, 0.6) is 0 Å². The van der Waals surface area contributed by atoms with Gasteiger partial charge in [-0.3, -0.25) is 4.79 Å². The Labute approximate surface area is 92.1 Å². The quantitative estimate of drug-likeness (QED) is 0.728. The lowest BCUT2D eigenvalue weighted by molar-refractivity contribution is 0.0992. The fourth-order valence-corrected chi connectivity index (χ4v) is 1.92. The van der Waals surface area contributed by atoms with E-state index in [1.54, 1.807) is 6.07 Å². The van der Waals surface area contributed by atoms with Crippen molar-refractivity contribution in [2.45, 2.75) is 6.42 Å². The number of aliphatic hydroxyl groups is 1. The summed E-state index contributed by atoms with van der Waals surface area (Å²) in [6, 6.07) is 9.35. The summed E-state index contributed by atoms with van der Waals surface area (Å²) in [7, 11) is 0. The predicted octanol–water partition coefficient (Wildman–Crippen LogP) is 2.72. The second-order valence-electron chi connectivity index (χ2n) is 3.79. The second kappa shape index (κ2) is 3.17. The minimum atomic E-state index is 0.00560. The lowest BCUT2D eigenvalue weighted by Gasteiger charge is -2.12. The van der Waals surface area contributed by atoms with E-state index in [4.69, 9.17) is 0 Å². The number of carbonyl (C=O) groups excluding carboxylic acids is 1. The van der Waals surface area contributed by atoms with Gasteiger partial charge in [-0.25, -0.2) is 4.98 Å². The highest BCUT2D eigenvalue weighted by atomic mass is 16.3. The summed E-state index contributed by atoms with van der Waals surface area (Å²) in [6.07, 6.45) is 1.76. The number of pyridine rings is 1. The van der Waals surface area contributed by atoms with Gasteiger partial charge < -0.3 is 5.11 Å². The Hall–Kier alpha value is -2.16. The van der Waals surface area contributed by atoms with E-state index in [1.807, 2.05) is 24.3 Å². The minimum absolute atomic E-state index is 0.00560. The van der Waals surface area contributed by atoms with Crippen molar-refractivity contribution in [1.82, 2.24) is 4.98 Å². The average molecular weight is 211 g/mol. The van der Waals surface area contributed by atoms with Crippen LogP contribution in [0.3, 0.4) is 0 Å². The number of allylic oxidation sites excluding steroid dienone is 1.